The Morgan fingerprint density at radius 3 is 2.78 bits per heavy atom. The van der Waals surface area contributed by atoms with Crippen molar-refractivity contribution >= 4 is 5.82 Å². The Morgan fingerprint density at radius 1 is 1.44 bits per heavy atom. The number of hydrogen-bond donors (Lipinski definition) is 2. The Bertz CT molecular complexity index is 372. The van der Waals surface area contributed by atoms with Crippen molar-refractivity contribution in [2.75, 3.05) is 18.9 Å². The highest BCUT2D eigenvalue weighted by molar-refractivity contribution is 5.29. The standard InChI is InChI=1S/C13H22N4O/c1-10-8-12(14)16-13(15-10)9-17(6-3-7-18)11-4-2-5-11/h8,11,18H,2-7,9H2,1H3,(H2,14,15,16). The van der Waals surface area contributed by atoms with Crippen LogP contribution in [0.25, 0.3) is 0 Å². The maximum atomic E-state index is 8.96. The van der Waals surface area contributed by atoms with Crippen molar-refractivity contribution in [1.82, 2.24) is 14.9 Å². The van der Waals surface area contributed by atoms with E-state index < -0.39 is 0 Å². The number of hydrogen-bond acceptors (Lipinski definition) is 5. The first-order valence-electron chi connectivity index (χ1n) is 6.64. The van der Waals surface area contributed by atoms with Crippen molar-refractivity contribution in [2.24, 2.45) is 0 Å². The zero-order chi connectivity index (χ0) is 13.0. The van der Waals surface area contributed by atoms with Gasteiger partial charge in [0, 0.05) is 31.0 Å². The van der Waals surface area contributed by atoms with E-state index in [1.807, 2.05) is 6.92 Å². The molecule has 2 rings (SSSR count). The van der Waals surface area contributed by atoms with Gasteiger partial charge in [0.15, 0.2) is 0 Å². The summed E-state index contributed by atoms with van der Waals surface area (Å²) in [7, 11) is 0. The molecule has 0 saturated heterocycles. The van der Waals surface area contributed by atoms with E-state index in [2.05, 4.69) is 14.9 Å². The van der Waals surface area contributed by atoms with Crippen LogP contribution in [0.2, 0.25) is 0 Å². The van der Waals surface area contributed by atoms with E-state index in [1.165, 1.54) is 19.3 Å². The summed E-state index contributed by atoms with van der Waals surface area (Å²) in [6.07, 6.45) is 4.59. The third kappa shape index (κ3) is 3.40. The van der Waals surface area contributed by atoms with Gasteiger partial charge < -0.3 is 10.8 Å². The summed E-state index contributed by atoms with van der Waals surface area (Å²) in [5.41, 5.74) is 6.66. The van der Waals surface area contributed by atoms with Gasteiger partial charge in [0.25, 0.3) is 0 Å². The molecule has 0 spiro atoms. The number of aliphatic hydroxyl groups excluding tert-OH is 1. The SMILES string of the molecule is Cc1cc(N)nc(CN(CCCO)C2CCC2)n1. The van der Waals surface area contributed by atoms with E-state index in [1.54, 1.807) is 6.07 Å². The third-order valence-corrected chi connectivity index (χ3v) is 3.46. The van der Waals surface area contributed by atoms with Crippen LogP contribution < -0.4 is 5.73 Å². The predicted octanol–water partition coefficient (Wildman–Crippen LogP) is 1.10. The zero-order valence-corrected chi connectivity index (χ0v) is 11.0. The lowest BCUT2D eigenvalue weighted by Crippen LogP contribution is -2.40. The van der Waals surface area contributed by atoms with Gasteiger partial charge in [-0.15, -0.1) is 0 Å². The summed E-state index contributed by atoms with van der Waals surface area (Å²) >= 11 is 0. The number of aromatic nitrogens is 2. The highest BCUT2D eigenvalue weighted by atomic mass is 16.3. The molecule has 18 heavy (non-hydrogen) atoms. The lowest BCUT2D eigenvalue weighted by Gasteiger charge is -2.37. The number of anilines is 1. The largest absolute Gasteiger partial charge is 0.396 e. The molecule has 1 aliphatic rings. The zero-order valence-electron chi connectivity index (χ0n) is 11.0. The molecule has 1 saturated carbocycles. The van der Waals surface area contributed by atoms with Gasteiger partial charge in [-0.05, 0) is 26.2 Å². The first-order valence-corrected chi connectivity index (χ1v) is 6.64. The van der Waals surface area contributed by atoms with Crippen LogP contribution in [0.3, 0.4) is 0 Å². The summed E-state index contributed by atoms with van der Waals surface area (Å²) in [4.78, 5) is 11.1. The quantitative estimate of drug-likeness (QED) is 0.791. The van der Waals surface area contributed by atoms with Crippen LogP contribution in [-0.4, -0.2) is 39.2 Å². The summed E-state index contributed by atoms with van der Waals surface area (Å²) in [5, 5.41) is 8.96. The molecular weight excluding hydrogens is 228 g/mol. The van der Waals surface area contributed by atoms with Crippen LogP contribution >= 0.6 is 0 Å². The van der Waals surface area contributed by atoms with Crippen molar-refractivity contribution in [3.05, 3.63) is 17.6 Å². The predicted molar refractivity (Wildman–Crippen MR) is 70.9 cm³/mol. The maximum absolute atomic E-state index is 8.96. The van der Waals surface area contributed by atoms with Crippen molar-refractivity contribution in [3.63, 3.8) is 0 Å². The van der Waals surface area contributed by atoms with E-state index in [-0.39, 0.29) is 6.61 Å². The fourth-order valence-electron chi connectivity index (χ4n) is 2.32. The van der Waals surface area contributed by atoms with Gasteiger partial charge in [0.1, 0.15) is 11.6 Å². The number of nitrogens with zero attached hydrogens (tertiary/aromatic N) is 3. The minimum atomic E-state index is 0.236. The van der Waals surface area contributed by atoms with Crippen molar-refractivity contribution in [3.8, 4) is 0 Å². The van der Waals surface area contributed by atoms with Crippen molar-refractivity contribution in [1.29, 1.82) is 0 Å². The Labute approximate surface area is 108 Å². The Balaban J connectivity index is 2.02. The number of nitrogens with two attached hydrogens (primary N) is 1. The van der Waals surface area contributed by atoms with E-state index in [0.717, 1.165) is 31.0 Å². The molecule has 0 atom stereocenters. The Kier molecular flexibility index (Phi) is 4.49. The van der Waals surface area contributed by atoms with Gasteiger partial charge in [-0.25, -0.2) is 9.97 Å². The van der Waals surface area contributed by atoms with Crippen LogP contribution in [0, 0.1) is 6.92 Å². The number of nitrogen functional groups attached to an aromatic ring is 1. The highest BCUT2D eigenvalue weighted by Gasteiger charge is 2.25. The summed E-state index contributed by atoms with van der Waals surface area (Å²) in [5.74, 6) is 1.32. The summed E-state index contributed by atoms with van der Waals surface area (Å²) in [6.45, 7) is 3.80. The first kappa shape index (κ1) is 13.2. The number of rotatable bonds is 6. The summed E-state index contributed by atoms with van der Waals surface area (Å²) < 4.78 is 0. The molecule has 1 aromatic rings. The lowest BCUT2D eigenvalue weighted by atomic mass is 9.91. The maximum Gasteiger partial charge on any atom is 0.144 e. The second-order valence-corrected chi connectivity index (χ2v) is 4.98. The fourth-order valence-corrected chi connectivity index (χ4v) is 2.32. The molecule has 0 unspecified atom stereocenters. The smallest absolute Gasteiger partial charge is 0.144 e. The average molecular weight is 250 g/mol. The molecule has 0 aliphatic heterocycles. The van der Waals surface area contributed by atoms with Crippen molar-refractivity contribution in [2.45, 2.75) is 45.2 Å². The molecule has 1 aliphatic carbocycles. The lowest BCUT2D eigenvalue weighted by molar-refractivity contribution is 0.106. The molecule has 1 aromatic heterocycles. The van der Waals surface area contributed by atoms with Crippen LogP contribution in [0.4, 0.5) is 5.82 Å². The van der Waals surface area contributed by atoms with Crippen LogP contribution in [-0.2, 0) is 6.54 Å². The topological polar surface area (TPSA) is 75.3 Å². The van der Waals surface area contributed by atoms with E-state index >= 15 is 0 Å². The molecule has 3 N–H and O–H groups in total. The van der Waals surface area contributed by atoms with Crippen molar-refractivity contribution < 1.29 is 5.11 Å². The fraction of sp³-hybridized carbons (Fsp3) is 0.692. The van der Waals surface area contributed by atoms with Gasteiger partial charge in [0.2, 0.25) is 0 Å². The van der Waals surface area contributed by atoms with Gasteiger partial charge in [0.05, 0.1) is 6.54 Å². The van der Waals surface area contributed by atoms with E-state index in [4.69, 9.17) is 10.8 Å². The normalized spacial score (nSPS) is 15.9. The highest BCUT2D eigenvalue weighted by Crippen LogP contribution is 2.26. The molecule has 1 fully saturated rings. The minimum Gasteiger partial charge on any atom is -0.396 e. The van der Waals surface area contributed by atoms with Gasteiger partial charge >= 0.3 is 0 Å². The number of aryl methyl sites for hydroxylation is 1. The first-order chi connectivity index (χ1) is 8.69. The van der Waals surface area contributed by atoms with Gasteiger partial charge in [-0.2, -0.15) is 0 Å². The third-order valence-electron chi connectivity index (χ3n) is 3.46. The molecule has 0 radical (unpaired) electrons. The molecule has 1 heterocycles. The molecule has 100 valence electrons. The number of aliphatic hydroxyl groups is 1. The van der Waals surface area contributed by atoms with Crippen LogP contribution in [0.5, 0.6) is 0 Å². The van der Waals surface area contributed by atoms with Crippen LogP contribution in [0.15, 0.2) is 6.07 Å². The van der Waals surface area contributed by atoms with Gasteiger partial charge in [-0.3, -0.25) is 4.90 Å². The Morgan fingerprint density at radius 2 is 2.22 bits per heavy atom. The summed E-state index contributed by atoms with van der Waals surface area (Å²) in [6, 6.07) is 2.41. The average Bonchev–Trinajstić information content (AvgIpc) is 2.21. The van der Waals surface area contributed by atoms with E-state index in [0.29, 0.717) is 11.9 Å². The monoisotopic (exact) mass is 250 g/mol. The second kappa shape index (κ2) is 6.11. The molecule has 0 bridgehead atoms. The Hall–Kier alpha value is -1.20. The van der Waals surface area contributed by atoms with Gasteiger partial charge in [-0.1, -0.05) is 6.42 Å². The van der Waals surface area contributed by atoms with E-state index in [9.17, 15) is 0 Å². The van der Waals surface area contributed by atoms with Crippen LogP contribution in [0.1, 0.15) is 37.2 Å². The molecular formula is C13H22N4O. The second-order valence-electron chi connectivity index (χ2n) is 4.98. The molecule has 0 aromatic carbocycles. The minimum absolute atomic E-state index is 0.236. The molecule has 5 heteroatoms. The molecule has 5 nitrogen and oxygen atoms in total. The molecule has 0 amide bonds.